The second kappa shape index (κ2) is 4.73. The molecule has 0 fully saturated rings. The molecule has 6 nitrogen and oxygen atoms in total. The molecule has 1 atom stereocenters. The molecule has 2 aromatic rings. The zero-order valence-corrected chi connectivity index (χ0v) is 11.4. The van der Waals surface area contributed by atoms with Crippen LogP contribution in [0.1, 0.15) is 36.2 Å². The number of aromatic nitrogens is 4. The van der Waals surface area contributed by atoms with Gasteiger partial charge in [0.1, 0.15) is 0 Å². The second-order valence-electron chi connectivity index (χ2n) is 4.81. The minimum atomic E-state index is -0.845. The van der Waals surface area contributed by atoms with Gasteiger partial charge >= 0.3 is 5.97 Å². The van der Waals surface area contributed by atoms with E-state index in [0.29, 0.717) is 5.82 Å². The average molecular weight is 278 g/mol. The molecule has 0 bridgehead atoms. The number of nitrogens with zero attached hydrogens (tertiary/aromatic N) is 4. The van der Waals surface area contributed by atoms with Crippen molar-refractivity contribution < 1.29 is 9.90 Å². The van der Waals surface area contributed by atoms with Crippen LogP contribution in [0.3, 0.4) is 0 Å². The molecule has 0 saturated carbocycles. The van der Waals surface area contributed by atoms with Gasteiger partial charge in [0.15, 0.2) is 5.82 Å². The molecule has 100 valence electrons. The van der Waals surface area contributed by atoms with Crippen molar-refractivity contribution in [2.24, 2.45) is 0 Å². The number of tetrazole rings is 1. The van der Waals surface area contributed by atoms with Crippen molar-refractivity contribution in [1.29, 1.82) is 0 Å². The van der Waals surface area contributed by atoms with E-state index in [2.05, 4.69) is 21.6 Å². The third-order valence-electron chi connectivity index (χ3n) is 3.35. The van der Waals surface area contributed by atoms with Gasteiger partial charge in [-0.1, -0.05) is 0 Å². The summed E-state index contributed by atoms with van der Waals surface area (Å²) >= 11 is 1.72. The van der Waals surface area contributed by atoms with Crippen molar-refractivity contribution in [2.45, 2.75) is 38.6 Å². The van der Waals surface area contributed by atoms with Crippen molar-refractivity contribution in [2.75, 3.05) is 0 Å². The molecule has 2 heterocycles. The number of aliphatic carboxylic acids is 1. The van der Waals surface area contributed by atoms with Gasteiger partial charge in [-0.25, -0.2) is 4.68 Å². The number of fused-ring (bicyclic) bond motifs is 1. The third kappa shape index (κ3) is 2.25. The molecule has 0 saturated heterocycles. The molecule has 1 unspecified atom stereocenters. The molecule has 19 heavy (non-hydrogen) atoms. The van der Waals surface area contributed by atoms with E-state index in [4.69, 9.17) is 5.11 Å². The quantitative estimate of drug-likeness (QED) is 0.924. The standard InChI is InChI=1S/C12H14N4O2S/c1-7(5-11(17)18)16-12(13-14-15-16)10-6-8-3-2-4-9(8)19-10/h6-7H,2-5H2,1H3,(H,17,18). The van der Waals surface area contributed by atoms with Gasteiger partial charge in [0.25, 0.3) is 0 Å². The van der Waals surface area contributed by atoms with Crippen molar-refractivity contribution >= 4 is 17.3 Å². The first-order valence-electron chi connectivity index (χ1n) is 6.27. The van der Waals surface area contributed by atoms with Gasteiger partial charge in [0.2, 0.25) is 0 Å². The number of carboxylic acids is 1. The maximum Gasteiger partial charge on any atom is 0.305 e. The minimum Gasteiger partial charge on any atom is -0.481 e. The van der Waals surface area contributed by atoms with Gasteiger partial charge in [0, 0.05) is 4.88 Å². The third-order valence-corrected chi connectivity index (χ3v) is 4.58. The number of rotatable bonds is 4. The number of carboxylic acid groups (broad SMARTS) is 1. The number of hydrogen-bond acceptors (Lipinski definition) is 5. The molecule has 1 N–H and O–H groups in total. The molecular formula is C12H14N4O2S. The van der Waals surface area contributed by atoms with E-state index in [9.17, 15) is 4.79 Å². The van der Waals surface area contributed by atoms with Gasteiger partial charge in [-0.3, -0.25) is 4.79 Å². The first-order valence-corrected chi connectivity index (χ1v) is 7.08. The van der Waals surface area contributed by atoms with Crippen LogP contribution in [0.4, 0.5) is 0 Å². The normalized spacial score (nSPS) is 15.4. The van der Waals surface area contributed by atoms with Crippen LogP contribution in [0, 0.1) is 0 Å². The first kappa shape index (κ1) is 12.3. The van der Waals surface area contributed by atoms with Gasteiger partial charge in [-0.05, 0) is 48.2 Å². The number of thiophene rings is 1. The summed E-state index contributed by atoms with van der Waals surface area (Å²) in [5, 5.41) is 20.5. The lowest BCUT2D eigenvalue weighted by atomic mass is 10.2. The van der Waals surface area contributed by atoms with Crippen LogP contribution in [-0.2, 0) is 17.6 Å². The van der Waals surface area contributed by atoms with Gasteiger partial charge in [-0.15, -0.1) is 16.4 Å². The Hall–Kier alpha value is -1.76. The molecular weight excluding hydrogens is 264 g/mol. The first-order chi connectivity index (χ1) is 9.15. The lowest BCUT2D eigenvalue weighted by molar-refractivity contribution is -0.137. The van der Waals surface area contributed by atoms with E-state index in [1.54, 1.807) is 16.0 Å². The number of aryl methyl sites for hydroxylation is 2. The fourth-order valence-corrected chi connectivity index (χ4v) is 3.66. The molecule has 3 rings (SSSR count). The lowest BCUT2D eigenvalue weighted by Crippen LogP contribution is -2.13. The Balaban J connectivity index is 1.92. The van der Waals surface area contributed by atoms with Crippen LogP contribution < -0.4 is 0 Å². The topological polar surface area (TPSA) is 80.9 Å². The summed E-state index contributed by atoms with van der Waals surface area (Å²) < 4.78 is 1.61. The molecule has 1 aliphatic rings. The van der Waals surface area contributed by atoms with Crippen LogP contribution in [0.2, 0.25) is 0 Å². The fourth-order valence-electron chi connectivity index (χ4n) is 2.43. The van der Waals surface area contributed by atoms with Crippen molar-refractivity contribution in [3.05, 3.63) is 16.5 Å². The Bertz CT molecular complexity index is 598. The molecule has 0 amide bonds. The Morgan fingerprint density at radius 1 is 1.58 bits per heavy atom. The van der Waals surface area contributed by atoms with Gasteiger partial charge in [-0.2, -0.15) is 0 Å². The van der Waals surface area contributed by atoms with Crippen molar-refractivity contribution in [3.63, 3.8) is 0 Å². The Labute approximate surface area is 114 Å². The van der Waals surface area contributed by atoms with Crippen molar-refractivity contribution in [1.82, 2.24) is 20.2 Å². The predicted molar refractivity (Wildman–Crippen MR) is 70.1 cm³/mol. The van der Waals surface area contributed by atoms with E-state index in [0.717, 1.165) is 17.7 Å². The molecule has 1 aliphatic carbocycles. The highest BCUT2D eigenvalue weighted by atomic mass is 32.1. The summed E-state index contributed by atoms with van der Waals surface area (Å²) in [6.45, 7) is 1.81. The van der Waals surface area contributed by atoms with Crippen molar-refractivity contribution in [3.8, 4) is 10.7 Å². The zero-order chi connectivity index (χ0) is 13.4. The largest absolute Gasteiger partial charge is 0.481 e. The van der Waals surface area contributed by atoms with Crippen LogP contribution in [-0.4, -0.2) is 31.3 Å². The predicted octanol–water partition coefficient (Wildman–Crippen LogP) is 1.93. The Kier molecular flexibility index (Phi) is 3.06. The highest BCUT2D eigenvalue weighted by Gasteiger charge is 2.21. The summed E-state index contributed by atoms with van der Waals surface area (Å²) in [6, 6.07) is 1.89. The summed E-state index contributed by atoms with van der Waals surface area (Å²) in [7, 11) is 0. The van der Waals surface area contributed by atoms with Crippen LogP contribution >= 0.6 is 11.3 Å². The summed E-state index contributed by atoms with van der Waals surface area (Å²) in [5.41, 5.74) is 1.39. The van der Waals surface area contributed by atoms with E-state index in [-0.39, 0.29) is 12.5 Å². The SMILES string of the molecule is CC(CC(=O)O)n1nnnc1-c1cc2c(s1)CCC2. The molecule has 0 radical (unpaired) electrons. The summed E-state index contributed by atoms with van der Waals surface area (Å²) in [4.78, 5) is 13.2. The van der Waals surface area contributed by atoms with E-state index >= 15 is 0 Å². The number of hydrogen-bond donors (Lipinski definition) is 1. The lowest BCUT2D eigenvalue weighted by Gasteiger charge is -2.09. The highest BCUT2D eigenvalue weighted by molar-refractivity contribution is 7.15. The van der Waals surface area contributed by atoms with Gasteiger partial charge < -0.3 is 5.11 Å². The maximum atomic E-state index is 10.8. The Morgan fingerprint density at radius 3 is 3.16 bits per heavy atom. The van der Waals surface area contributed by atoms with E-state index in [1.807, 2.05) is 6.92 Å². The fraction of sp³-hybridized carbons (Fsp3) is 0.500. The zero-order valence-electron chi connectivity index (χ0n) is 10.5. The Morgan fingerprint density at radius 2 is 2.42 bits per heavy atom. The van der Waals surface area contributed by atoms with E-state index < -0.39 is 5.97 Å². The average Bonchev–Trinajstić information content (AvgIpc) is 3.02. The molecule has 2 aromatic heterocycles. The van der Waals surface area contributed by atoms with Crippen LogP contribution in [0.5, 0.6) is 0 Å². The van der Waals surface area contributed by atoms with Crippen LogP contribution in [0.15, 0.2) is 6.07 Å². The van der Waals surface area contributed by atoms with Crippen LogP contribution in [0.25, 0.3) is 10.7 Å². The molecule has 7 heteroatoms. The molecule has 0 aromatic carbocycles. The molecule has 0 spiro atoms. The molecule has 0 aliphatic heterocycles. The maximum absolute atomic E-state index is 10.8. The smallest absolute Gasteiger partial charge is 0.305 e. The van der Waals surface area contributed by atoms with Gasteiger partial charge in [0.05, 0.1) is 17.3 Å². The number of carbonyl (C=O) groups is 1. The monoisotopic (exact) mass is 278 g/mol. The second-order valence-corrected chi connectivity index (χ2v) is 5.94. The summed E-state index contributed by atoms with van der Waals surface area (Å²) in [6.07, 6.45) is 3.50. The minimum absolute atomic E-state index is 0.0170. The van der Waals surface area contributed by atoms with E-state index in [1.165, 1.54) is 16.9 Å². The summed E-state index contributed by atoms with van der Waals surface area (Å²) in [5.74, 6) is -0.171. The highest BCUT2D eigenvalue weighted by Crippen LogP contribution is 2.36.